The molecule has 2 unspecified atom stereocenters. The van der Waals surface area contributed by atoms with E-state index in [-0.39, 0.29) is 0 Å². The molecule has 0 amide bonds. The number of nitrogens with zero attached hydrogens (tertiary/aromatic N) is 2. The Morgan fingerprint density at radius 3 is 2.84 bits per heavy atom. The monoisotopic (exact) mass is 274 g/mol. The summed E-state index contributed by atoms with van der Waals surface area (Å²) in [6.45, 7) is 3.83. The molecule has 0 radical (unpaired) electrons. The first-order valence-corrected chi connectivity index (χ1v) is 7.55. The van der Waals surface area contributed by atoms with Crippen LogP contribution in [0.15, 0.2) is 35.7 Å². The van der Waals surface area contributed by atoms with Gasteiger partial charge in [0.2, 0.25) is 0 Å². The zero-order valence-corrected chi connectivity index (χ0v) is 11.8. The van der Waals surface area contributed by atoms with Crippen LogP contribution in [0.2, 0.25) is 0 Å². The first-order chi connectivity index (χ1) is 9.24. The van der Waals surface area contributed by atoms with E-state index < -0.39 is 6.10 Å². The molecule has 3 rings (SSSR count). The first kappa shape index (κ1) is 12.6. The lowest BCUT2D eigenvalue weighted by Gasteiger charge is -2.15. The Labute approximate surface area is 117 Å². The van der Waals surface area contributed by atoms with Gasteiger partial charge in [0.05, 0.1) is 11.8 Å². The average molecular weight is 274 g/mol. The summed E-state index contributed by atoms with van der Waals surface area (Å²) in [6, 6.07) is 10.7. The number of hydrogen-bond donors (Lipinski definition) is 1. The first-order valence-electron chi connectivity index (χ1n) is 6.67. The van der Waals surface area contributed by atoms with Crippen LogP contribution in [0.25, 0.3) is 0 Å². The van der Waals surface area contributed by atoms with Crippen molar-refractivity contribution in [2.75, 3.05) is 18.0 Å². The molecule has 2 aromatic rings. The molecule has 19 heavy (non-hydrogen) atoms. The summed E-state index contributed by atoms with van der Waals surface area (Å²) in [4.78, 5) is 6.84. The maximum atomic E-state index is 9.54. The molecule has 3 nitrogen and oxygen atoms in total. The molecule has 0 spiro atoms. The zero-order chi connectivity index (χ0) is 13.2. The van der Waals surface area contributed by atoms with Crippen molar-refractivity contribution in [3.8, 4) is 0 Å². The van der Waals surface area contributed by atoms with E-state index in [4.69, 9.17) is 0 Å². The molecule has 2 heterocycles. The summed E-state index contributed by atoms with van der Waals surface area (Å²) in [7, 11) is 0. The number of rotatable bonds is 3. The molecule has 4 heteroatoms. The number of anilines is 1. The summed E-state index contributed by atoms with van der Waals surface area (Å²) in [5.74, 6) is 0.597. The number of thiazole rings is 1. The van der Waals surface area contributed by atoms with Crippen LogP contribution in [0.4, 0.5) is 5.13 Å². The van der Waals surface area contributed by atoms with Gasteiger partial charge in [0, 0.05) is 24.4 Å². The van der Waals surface area contributed by atoms with Gasteiger partial charge in [0.15, 0.2) is 5.13 Å². The summed E-state index contributed by atoms with van der Waals surface area (Å²) in [5.41, 5.74) is 2.19. The Morgan fingerprint density at radius 1 is 1.37 bits per heavy atom. The maximum absolute atomic E-state index is 9.54. The third-order valence-corrected chi connectivity index (χ3v) is 4.59. The van der Waals surface area contributed by atoms with E-state index in [2.05, 4.69) is 40.2 Å². The summed E-state index contributed by atoms with van der Waals surface area (Å²) in [5, 5.41) is 12.5. The van der Waals surface area contributed by atoms with Crippen molar-refractivity contribution in [3.05, 3.63) is 47.0 Å². The summed E-state index contributed by atoms with van der Waals surface area (Å²) in [6.07, 6.45) is 0.700. The highest BCUT2D eigenvalue weighted by molar-refractivity contribution is 7.13. The lowest BCUT2D eigenvalue weighted by Crippen LogP contribution is -2.19. The summed E-state index contributed by atoms with van der Waals surface area (Å²) >= 11 is 1.63. The van der Waals surface area contributed by atoms with E-state index in [1.54, 1.807) is 18.3 Å². The van der Waals surface area contributed by atoms with Crippen LogP contribution in [0.5, 0.6) is 0 Å². The number of aromatic nitrogens is 1. The fourth-order valence-electron chi connectivity index (χ4n) is 2.54. The van der Waals surface area contributed by atoms with Crippen LogP contribution >= 0.6 is 11.3 Å². The molecule has 0 saturated carbocycles. The molecule has 1 fully saturated rings. The fraction of sp³-hybridized carbons (Fsp3) is 0.400. The summed E-state index contributed by atoms with van der Waals surface area (Å²) < 4.78 is 0. The van der Waals surface area contributed by atoms with E-state index in [1.807, 2.05) is 5.38 Å². The van der Waals surface area contributed by atoms with Crippen LogP contribution in [-0.4, -0.2) is 23.2 Å². The van der Waals surface area contributed by atoms with Crippen molar-refractivity contribution in [1.29, 1.82) is 0 Å². The Kier molecular flexibility index (Phi) is 3.53. The molecule has 1 aromatic carbocycles. The highest BCUT2D eigenvalue weighted by Crippen LogP contribution is 2.33. The molecule has 1 N–H and O–H groups in total. The fourth-order valence-corrected chi connectivity index (χ4v) is 3.49. The van der Waals surface area contributed by atoms with Gasteiger partial charge in [0.25, 0.3) is 0 Å². The average Bonchev–Trinajstić information content (AvgIpc) is 3.09. The third-order valence-electron chi connectivity index (χ3n) is 3.67. The molecule has 2 atom stereocenters. The van der Waals surface area contributed by atoms with Gasteiger partial charge >= 0.3 is 0 Å². The Morgan fingerprint density at radius 2 is 2.16 bits per heavy atom. The van der Waals surface area contributed by atoms with Crippen LogP contribution in [0.1, 0.15) is 36.6 Å². The van der Waals surface area contributed by atoms with Crippen LogP contribution in [0, 0.1) is 0 Å². The quantitative estimate of drug-likeness (QED) is 0.934. The van der Waals surface area contributed by atoms with Crippen molar-refractivity contribution in [2.45, 2.75) is 25.4 Å². The second-order valence-electron chi connectivity index (χ2n) is 5.07. The second-order valence-corrected chi connectivity index (χ2v) is 5.91. The minimum absolute atomic E-state index is 0.475. The normalized spacial score (nSPS) is 20.7. The van der Waals surface area contributed by atoms with Gasteiger partial charge in [0.1, 0.15) is 0 Å². The number of aliphatic hydroxyl groups excluding tert-OH is 1. The van der Waals surface area contributed by atoms with Crippen molar-refractivity contribution in [1.82, 2.24) is 4.98 Å². The largest absolute Gasteiger partial charge is 0.387 e. The molecule has 100 valence electrons. The van der Waals surface area contributed by atoms with E-state index in [0.717, 1.165) is 23.9 Å². The highest BCUT2D eigenvalue weighted by Gasteiger charge is 2.25. The van der Waals surface area contributed by atoms with Crippen LogP contribution in [0.3, 0.4) is 0 Å². The van der Waals surface area contributed by atoms with E-state index >= 15 is 0 Å². The van der Waals surface area contributed by atoms with Crippen molar-refractivity contribution < 1.29 is 5.11 Å². The van der Waals surface area contributed by atoms with Gasteiger partial charge in [-0.1, -0.05) is 30.3 Å². The van der Waals surface area contributed by atoms with E-state index in [9.17, 15) is 5.11 Å². The zero-order valence-electron chi connectivity index (χ0n) is 11.0. The lowest BCUT2D eigenvalue weighted by molar-refractivity contribution is 0.195. The molecule has 1 saturated heterocycles. The number of hydrogen-bond acceptors (Lipinski definition) is 4. The minimum atomic E-state index is -0.475. The van der Waals surface area contributed by atoms with E-state index in [0.29, 0.717) is 5.92 Å². The predicted octanol–water partition coefficient (Wildman–Crippen LogP) is 3.19. The van der Waals surface area contributed by atoms with Gasteiger partial charge in [-0.15, -0.1) is 11.3 Å². The molecule has 1 aromatic heterocycles. The third kappa shape index (κ3) is 2.65. The minimum Gasteiger partial charge on any atom is -0.387 e. The molecule has 1 aliphatic heterocycles. The van der Waals surface area contributed by atoms with E-state index in [1.165, 1.54) is 12.0 Å². The SMILES string of the molecule is CC(O)c1csc(N2CCC(c3ccccc3)C2)n1. The van der Waals surface area contributed by atoms with Crippen LogP contribution in [-0.2, 0) is 0 Å². The van der Waals surface area contributed by atoms with Gasteiger partial charge in [-0.25, -0.2) is 4.98 Å². The van der Waals surface area contributed by atoms with Crippen molar-refractivity contribution in [3.63, 3.8) is 0 Å². The van der Waals surface area contributed by atoms with Crippen LogP contribution < -0.4 is 4.90 Å². The Hall–Kier alpha value is -1.39. The smallest absolute Gasteiger partial charge is 0.185 e. The molecular weight excluding hydrogens is 256 g/mol. The van der Waals surface area contributed by atoms with Crippen molar-refractivity contribution in [2.24, 2.45) is 0 Å². The Balaban J connectivity index is 1.71. The predicted molar refractivity (Wildman–Crippen MR) is 78.8 cm³/mol. The maximum Gasteiger partial charge on any atom is 0.185 e. The number of aliphatic hydroxyl groups is 1. The Bertz CT molecular complexity index is 538. The topological polar surface area (TPSA) is 36.4 Å². The molecule has 0 aliphatic carbocycles. The lowest BCUT2D eigenvalue weighted by atomic mass is 9.99. The molecular formula is C15H18N2OS. The molecule has 1 aliphatic rings. The van der Waals surface area contributed by atoms with Crippen molar-refractivity contribution >= 4 is 16.5 Å². The van der Waals surface area contributed by atoms with Gasteiger partial charge in [-0.3, -0.25) is 0 Å². The van der Waals surface area contributed by atoms with Gasteiger partial charge in [-0.2, -0.15) is 0 Å². The highest BCUT2D eigenvalue weighted by atomic mass is 32.1. The second kappa shape index (κ2) is 5.31. The standard InChI is InChI=1S/C15H18N2OS/c1-11(18)14-10-19-15(16-14)17-8-7-13(9-17)12-5-3-2-4-6-12/h2-6,10-11,13,18H,7-9H2,1H3. The molecule has 0 bridgehead atoms. The van der Waals surface area contributed by atoms with Gasteiger partial charge in [-0.05, 0) is 18.9 Å². The number of benzene rings is 1. The van der Waals surface area contributed by atoms with Gasteiger partial charge < -0.3 is 10.0 Å².